The molecule has 2 saturated heterocycles. The molecule has 0 bridgehead atoms. The lowest BCUT2D eigenvalue weighted by molar-refractivity contribution is 0.0620. The molecular weight excluding hydrogens is 430 g/mol. The molecule has 7 nitrogen and oxygen atoms in total. The van der Waals surface area contributed by atoms with Crippen molar-refractivity contribution < 1.29 is 19.4 Å². The monoisotopic (exact) mass is 467 g/mol. The van der Waals surface area contributed by atoms with E-state index >= 15 is 0 Å². The lowest BCUT2D eigenvalue weighted by Crippen LogP contribution is -2.42. The third kappa shape index (κ3) is 5.65. The van der Waals surface area contributed by atoms with Crippen LogP contribution in [0, 0.1) is 5.92 Å². The highest BCUT2D eigenvalue weighted by molar-refractivity contribution is 5.94. The fraction of sp³-hybridized carbons (Fsp3) is 0.519. The third-order valence-electron chi connectivity index (χ3n) is 7.14. The Bertz CT molecular complexity index is 919. The number of ether oxygens (including phenoxy) is 2. The Labute approximate surface area is 202 Å². The average molecular weight is 468 g/mol. The van der Waals surface area contributed by atoms with Gasteiger partial charge in [0.2, 0.25) is 0 Å². The van der Waals surface area contributed by atoms with Crippen LogP contribution in [-0.2, 0) is 6.54 Å². The van der Waals surface area contributed by atoms with Crippen LogP contribution in [0.25, 0.3) is 0 Å². The second kappa shape index (κ2) is 11.6. The number of nitrogens with zero attached hydrogens (tertiary/aromatic N) is 2. The molecule has 1 atom stereocenters. The van der Waals surface area contributed by atoms with E-state index < -0.39 is 0 Å². The smallest absolute Gasteiger partial charge is 0.253 e. The predicted molar refractivity (Wildman–Crippen MR) is 134 cm³/mol. The number of hydrogen-bond donors (Lipinski definition) is 2. The Balaban J connectivity index is 1.29. The van der Waals surface area contributed by atoms with Gasteiger partial charge in [0.05, 0.1) is 14.2 Å². The van der Waals surface area contributed by atoms with Crippen LogP contribution >= 0.6 is 0 Å². The molecule has 34 heavy (non-hydrogen) atoms. The minimum atomic E-state index is 0.0689. The van der Waals surface area contributed by atoms with Gasteiger partial charge in [-0.1, -0.05) is 6.07 Å². The van der Waals surface area contributed by atoms with Gasteiger partial charge in [-0.05, 0) is 68.0 Å². The number of likely N-dealkylation sites (tertiary alicyclic amines) is 1. The zero-order valence-electron chi connectivity index (χ0n) is 20.3. The number of carbonyl (C=O) groups excluding carboxylic acids is 1. The SMILES string of the molecule is COc1cccc(OC)c1CNC1CCN(c2ccc(C(=O)N3CCC[C@H](CO)C3)cc2)CC1. The summed E-state index contributed by atoms with van der Waals surface area (Å²) < 4.78 is 11.0. The summed E-state index contributed by atoms with van der Waals surface area (Å²) in [7, 11) is 3.38. The van der Waals surface area contributed by atoms with Crippen molar-refractivity contribution in [2.24, 2.45) is 5.92 Å². The number of anilines is 1. The molecule has 2 aliphatic rings. The molecule has 2 aliphatic heterocycles. The summed E-state index contributed by atoms with van der Waals surface area (Å²) >= 11 is 0. The van der Waals surface area contributed by atoms with Crippen molar-refractivity contribution in [1.29, 1.82) is 0 Å². The van der Waals surface area contributed by atoms with Crippen LogP contribution in [0.3, 0.4) is 0 Å². The minimum absolute atomic E-state index is 0.0689. The van der Waals surface area contributed by atoms with Crippen molar-refractivity contribution in [2.75, 3.05) is 51.9 Å². The normalized spacial score (nSPS) is 19.2. The summed E-state index contributed by atoms with van der Waals surface area (Å²) in [6, 6.07) is 14.3. The van der Waals surface area contributed by atoms with Crippen LogP contribution in [0.1, 0.15) is 41.6 Å². The van der Waals surface area contributed by atoms with Gasteiger partial charge in [0.15, 0.2) is 0 Å². The highest BCUT2D eigenvalue weighted by Crippen LogP contribution is 2.29. The molecule has 2 heterocycles. The molecule has 2 fully saturated rings. The molecule has 0 saturated carbocycles. The Hall–Kier alpha value is -2.77. The average Bonchev–Trinajstić information content (AvgIpc) is 2.91. The maximum atomic E-state index is 12.9. The van der Waals surface area contributed by atoms with Gasteiger partial charge in [-0.15, -0.1) is 0 Å². The number of methoxy groups -OCH3 is 2. The zero-order chi connectivity index (χ0) is 23.9. The number of aliphatic hydroxyl groups is 1. The van der Waals surface area contributed by atoms with Gasteiger partial charge < -0.3 is 29.7 Å². The Morgan fingerprint density at radius 3 is 2.29 bits per heavy atom. The van der Waals surface area contributed by atoms with Crippen molar-refractivity contribution in [3.63, 3.8) is 0 Å². The quantitative estimate of drug-likeness (QED) is 0.621. The summed E-state index contributed by atoms with van der Waals surface area (Å²) in [5.74, 6) is 1.96. The van der Waals surface area contributed by atoms with Gasteiger partial charge in [0.25, 0.3) is 5.91 Å². The largest absolute Gasteiger partial charge is 0.496 e. The first-order valence-electron chi connectivity index (χ1n) is 12.3. The van der Waals surface area contributed by atoms with E-state index in [2.05, 4.69) is 22.3 Å². The summed E-state index contributed by atoms with van der Waals surface area (Å²) in [5, 5.41) is 13.1. The Morgan fingerprint density at radius 1 is 1.00 bits per heavy atom. The van der Waals surface area contributed by atoms with E-state index in [1.54, 1.807) is 14.2 Å². The van der Waals surface area contributed by atoms with Crippen LogP contribution in [0.4, 0.5) is 5.69 Å². The van der Waals surface area contributed by atoms with Gasteiger partial charge in [-0.25, -0.2) is 0 Å². The number of carbonyl (C=O) groups is 1. The van der Waals surface area contributed by atoms with Crippen LogP contribution in [0.2, 0.25) is 0 Å². The van der Waals surface area contributed by atoms with Crippen LogP contribution in [-0.4, -0.2) is 69.0 Å². The van der Waals surface area contributed by atoms with Crippen molar-refractivity contribution >= 4 is 11.6 Å². The van der Waals surface area contributed by atoms with Crippen molar-refractivity contribution in [3.05, 3.63) is 53.6 Å². The standard InChI is InChI=1S/C27H37N3O4/c1-33-25-6-3-7-26(34-2)24(25)17-28-22-12-15-29(16-13-22)23-10-8-21(9-11-23)27(32)30-14-4-5-20(18-30)19-31/h3,6-11,20,22,28,31H,4-5,12-19H2,1-2H3/t20-/m0/s1. The number of rotatable bonds is 8. The van der Waals surface area contributed by atoms with Gasteiger partial charge in [-0.3, -0.25) is 4.79 Å². The van der Waals surface area contributed by atoms with E-state index in [1.165, 1.54) is 0 Å². The molecule has 0 spiro atoms. The van der Waals surface area contributed by atoms with Crippen molar-refractivity contribution in [2.45, 2.75) is 38.3 Å². The molecule has 184 valence electrons. The van der Waals surface area contributed by atoms with Gasteiger partial charge in [0.1, 0.15) is 11.5 Å². The second-order valence-corrected chi connectivity index (χ2v) is 9.27. The lowest BCUT2D eigenvalue weighted by atomic mass is 9.98. The van der Waals surface area contributed by atoms with Crippen LogP contribution < -0.4 is 19.7 Å². The number of piperidine rings is 2. The molecule has 2 aromatic carbocycles. The third-order valence-corrected chi connectivity index (χ3v) is 7.14. The lowest BCUT2D eigenvalue weighted by Gasteiger charge is -2.34. The van der Waals surface area contributed by atoms with Crippen molar-refractivity contribution in [3.8, 4) is 11.5 Å². The second-order valence-electron chi connectivity index (χ2n) is 9.27. The van der Waals surface area contributed by atoms with E-state index in [0.717, 1.165) is 73.6 Å². The summed E-state index contributed by atoms with van der Waals surface area (Å²) in [5.41, 5.74) is 2.94. The fourth-order valence-electron chi connectivity index (χ4n) is 5.09. The molecule has 7 heteroatoms. The van der Waals surface area contributed by atoms with E-state index in [1.807, 2.05) is 35.2 Å². The topological polar surface area (TPSA) is 74.3 Å². The van der Waals surface area contributed by atoms with E-state index in [-0.39, 0.29) is 18.4 Å². The summed E-state index contributed by atoms with van der Waals surface area (Å²) in [4.78, 5) is 17.1. The van der Waals surface area contributed by atoms with E-state index in [9.17, 15) is 9.90 Å². The first-order valence-corrected chi connectivity index (χ1v) is 12.3. The first-order chi connectivity index (χ1) is 16.6. The molecule has 4 rings (SSSR count). The Kier molecular flexibility index (Phi) is 8.29. The van der Waals surface area contributed by atoms with Crippen LogP contribution in [0.5, 0.6) is 11.5 Å². The molecule has 2 N–H and O–H groups in total. The van der Waals surface area contributed by atoms with Gasteiger partial charge in [0, 0.05) is 62.2 Å². The molecular formula is C27H37N3O4. The maximum Gasteiger partial charge on any atom is 0.253 e. The fourth-order valence-corrected chi connectivity index (χ4v) is 5.09. The summed E-state index contributed by atoms with van der Waals surface area (Å²) in [6.45, 7) is 4.23. The maximum absolute atomic E-state index is 12.9. The van der Waals surface area contributed by atoms with Crippen molar-refractivity contribution in [1.82, 2.24) is 10.2 Å². The van der Waals surface area contributed by atoms with Gasteiger partial charge in [-0.2, -0.15) is 0 Å². The van der Waals surface area contributed by atoms with Crippen LogP contribution in [0.15, 0.2) is 42.5 Å². The van der Waals surface area contributed by atoms with E-state index in [0.29, 0.717) is 19.1 Å². The van der Waals surface area contributed by atoms with Gasteiger partial charge >= 0.3 is 0 Å². The molecule has 0 aliphatic carbocycles. The number of amides is 1. The van der Waals surface area contributed by atoms with E-state index in [4.69, 9.17) is 9.47 Å². The molecule has 0 aromatic heterocycles. The molecule has 0 radical (unpaired) electrons. The zero-order valence-corrected chi connectivity index (χ0v) is 20.3. The number of nitrogens with one attached hydrogen (secondary N) is 1. The Morgan fingerprint density at radius 2 is 1.68 bits per heavy atom. The predicted octanol–water partition coefficient (Wildman–Crippen LogP) is 3.31. The minimum Gasteiger partial charge on any atom is -0.496 e. The summed E-state index contributed by atoms with van der Waals surface area (Å²) in [6.07, 6.45) is 4.06. The highest BCUT2D eigenvalue weighted by atomic mass is 16.5. The molecule has 2 aromatic rings. The number of aliphatic hydroxyl groups excluding tert-OH is 1. The molecule has 0 unspecified atom stereocenters. The first kappa shape index (κ1) is 24.4. The molecule has 1 amide bonds. The highest BCUT2D eigenvalue weighted by Gasteiger charge is 2.25. The number of benzene rings is 2. The number of hydrogen-bond acceptors (Lipinski definition) is 6.